The van der Waals surface area contributed by atoms with Gasteiger partial charge >= 0.3 is 0 Å². The van der Waals surface area contributed by atoms with E-state index in [9.17, 15) is 4.79 Å². The third kappa shape index (κ3) is 6.09. The number of hydrogen-bond donors (Lipinski definition) is 2. The SMILES string of the molecule is CN(C)C(=O)CNC(=NCc1ccn(C2CCCC2)n1)NCCc1cccs1. The maximum absolute atomic E-state index is 11.9. The van der Waals surface area contributed by atoms with Crippen LogP contribution in [-0.4, -0.2) is 53.7 Å². The standard InChI is InChI=1S/C20H30N6OS/c1-25(2)19(27)15-23-20(21-11-9-18-8-5-13-28-18)22-14-16-10-12-26(24-16)17-6-3-4-7-17/h5,8,10,12-13,17H,3-4,6-7,9,11,14-15H2,1-2H3,(H2,21,22,23). The Labute approximate surface area is 170 Å². The van der Waals surface area contributed by atoms with Crippen LogP contribution in [0.2, 0.25) is 0 Å². The van der Waals surface area contributed by atoms with Crippen molar-refractivity contribution in [3.05, 3.63) is 40.3 Å². The summed E-state index contributed by atoms with van der Waals surface area (Å²) in [6.45, 7) is 1.47. The number of hydrogen-bond acceptors (Lipinski definition) is 4. The predicted octanol–water partition coefficient (Wildman–Crippen LogP) is 2.43. The molecular weight excluding hydrogens is 372 g/mol. The number of nitrogens with zero attached hydrogens (tertiary/aromatic N) is 4. The number of carbonyl (C=O) groups excluding carboxylic acids is 1. The van der Waals surface area contributed by atoms with E-state index in [0.29, 0.717) is 18.5 Å². The predicted molar refractivity (Wildman–Crippen MR) is 114 cm³/mol. The van der Waals surface area contributed by atoms with Gasteiger partial charge in [-0.1, -0.05) is 18.9 Å². The largest absolute Gasteiger partial charge is 0.356 e. The van der Waals surface area contributed by atoms with Gasteiger partial charge in [0.05, 0.1) is 24.8 Å². The highest BCUT2D eigenvalue weighted by molar-refractivity contribution is 7.09. The van der Waals surface area contributed by atoms with Gasteiger partial charge in [0.15, 0.2) is 5.96 Å². The molecule has 28 heavy (non-hydrogen) atoms. The zero-order chi connectivity index (χ0) is 19.8. The van der Waals surface area contributed by atoms with Crippen LogP contribution in [0.25, 0.3) is 0 Å². The lowest BCUT2D eigenvalue weighted by Gasteiger charge is -2.14. The highest BCUT2D eigenvalue weighted by Gasteiger charge is 2.17. The molecule has 7 nitrogen and oxygen atoms in total. The van der Waals surface area contributed by atoms with Crippen molar-refractivity contribution in [2.75, 3.05) is 27.2 Å². The molecule has 152 valence electrons. The summed E-state index contributed by atoms with van der Waals surface area (Å²) >= 11 is 1.75. The summed E-state index contributed by atoms with van der Waals surface area (Å²) in [5.41, 5.74) is 0.949. The van der Waals surface area contributed by atoms with E-state index < -0.39 is 0 Å². The number of guanidine groups is 1. The smallest absolute Gasteiger partial charge is 0.241 e. The lowest BCUT2D eigenvalue weighted by molar-refractivity contribution is -0.127. The molecule has 8 heteroatoms. The minimum Gasteiger partial charge on any atom is -0.356 e. The Morgan fingerprint density at radius 3 is 2.86 bits per heavy atom. The Morgan fingerprint density at radius 2 is 2.14 bits per heavy atom. The Bertz CT molecular complexity index is 762. The first kappa shape index (κ1) is 20.4. The molecule has 0 bridgehead atoms. The second-order valence-corrected chi connectivity index (χ2v) is 8.32. The van der Waals surface area contributed by atoms with E-state index in [0.717, 1.165) is 18.7 Å². The van der Waals surface area contributed by atoms with Gasteiger partial charge in [-0.2, -0.15) is 5.10 Å². The fourth-order valence-electron chi connectivity index (χ4n) is 3.24. The molecule has 0 aliphatic heterocycles. The van der Waals surface area contributed by atoms with E-state index in [-0.39, 0.29) is 12.5 Å². The lowest BCUT2D eigenvalue weighted by Crippen LogP contribution is -2.43. The van der Waals surface area contributed by atoms with Crippen LogP contribution in [0.1, 0.15) is 42.3 Å². The van der Waals surface area contributed by atoms with E-state index >= 15 is 0 Å². The number of amides is 1. The average molecular weight is 403 g/mol. The zero-order valence-electron chi connectivity index (χ0n) is 16.7. The minimum atomic E-state index is 0.0123. The maximum atomic E-state index is 11.9. The van der Waals surface area contributed by atoms with Crippen molar-refractivity contribution in [1.82, 2.24) is 25.3 Å². The Kier molecular flexibility index (Phi) is 7.47. The first-order chi connectivity index (χ1) is 13.6. The summed E-state index contributed by atoms with van der Waals surface area (Å²) in [5, 5.41) is 13.2. The molecule has 0 radical (unpaired) electrons. The molecule has 0 atom stereocenters. The first-order valence-corrected chi connectivity index (χ1v) is 10.8. The summed E-state index contributed by atoms with van der Waals surface area (Å²) in [6, 6.07) is 6.76. The van der Waals surface area contributed by atoms with Crippen LogP contribution in [0.3, 0.4) is 0 Å². The first-order valence-electron chi connectivity index (χ1n) is 9.90. The number of aliphatic imine (C=N–C) groups is 1. The molecule has 1 fully saturated rings. The van der Waals surface area contributed by atoms with E-state index in [1.54, 1.807) is 30.3 Å². The fourth-order valence-corrected chi connectivity index (χ4v) is 3.95. The van der Waals surface area contributed by atoms with Crippen LogP contribution < -0.4 is 10.6 Å². The summed E-state index contributed by atoms with van der Waals surface area (Å²) in [6.07, 6.45) is 8.01. The molecule has 0 saturated heterocycles. The number of aromatic nitrogens is 2. The van der Waals surface area contributed by atoms with E-state index in [4.69, 9.17) is 0 Å². The molecule has 2 N–H and O–H groups in total. The normalized spacial score (nSPS) is 15.0. The van der Waals surface area contributed by atoms with Gasteiger partial charge in [-0.15, -0.1) is 11.3 Å². The Hall–Kier alpha value is -2.35. The third-order valence-corrected chi connectivity index (χ3v) is 5.85. The molecule has 1 amide bonds. The Morgan fingerprint density at radius 1 is 1.32 bits per heavy atom. The molecular formula is C20H30N6OS. The highest BCUT2D eigenvalue weighted by Crippen LogP contribution is 2.28. The molecule has 1 aliphatic rings. The molecule has 2 heterocycles. The van der Waals surface area contributed by atoms with Gasteiger partial charge in [-0.05, 0) is 36.8 Å². The molecule has 2 aromatic rings. The maximum Gasteiger partial charge on any atom is 0.241 e. The van der Waals surface area contributed by atoms with E-state index in [1.165, 1.54) is 30.6 Å². The second-order valence-electron chi connectivity index (χ2n) is 7.29. The van der Waals surface area contributed by atoms with Gasteiger partial charge in [-0.3, -0.25) is 9.48 Å². The second kappa shape index (κ2) is 10.3. The van der Waals surface area contributed by atoms with Gasteiger partial charge in [0.1, 0.15) is 0 Å². The minimum absolute atomic E-state index is 0.0123. The van der Waals surface area contributed by atoms with Crippen molar-refractivity contribution in [1.29, 1.82) is 0 Å². The highest BCUT2D eigenvalue weighted by atomic mass is 32.1. The molecule has 0 aromatic carbocycles. The van der Waals surface area contributed by atoms with Gasteiger partial charge in [0.25, 0.3) is 0 Å². The molecule has 0 spiro atoms. The van der Waals surface area contributed by atoms with Crippen LogP contribution in [0.5, 0.6) is 0 Å². The molecule has 3 rings (SSSR count). The Balaban J connectivity index is 1.56. The van der Waals surface area contributed by atoms with Crippen molar-refractivity contribution in [3.8, 4) is 0 Å². The molecule has 1 aliphatic carbocycles. The summed E-state index contributed by atoms with van der Waals surface area (Å²) in [5.74, 6) is 0.653. The van der Waals surface area contributed by atoms with E-state index in [2.05, 4.69) is 49.1 Å². The van der Waals surface area contributed by atoms with Crippen molar-refractivity contribution < 1.29 is 4.79 Å². The van der Waals surface area contributed by atoms with Crippen molar-refractivity contribution in [2.45, 2.75) is 44.7 Å². The summed E-state index contributed by atoms with van der Waals surface area (Å²) in [4.78, 5) is 19.4. The fraction of sp³-hybridized carbons (Fsp3) is 0.550. The average Bonchev–Trinajstić information content (AvgIpc) is 3.45. The number of carbonyl (C=O) groups is 1. The van der Waals surface area contributed by atoms with Gasteiger partial charge in [0, 0.05) is 31.7 Å². The van der Waals surface area contributed by atoms with Crippen LogP contribution in [0.4, 0.5) is 0 Å². The quantitative estimate of drug-likeness (QED) is 0.525. The van der Waals surface area contributed by atoms with Crippen LogP contribution >= 0.6 is 11.3 Å². The van der Waals surface area contributed by atoms with Crippen LogP contribution in [0, 0.1) is 0 Å². The van der Waals surface area contributed by atoms with Crippen LogP contribution in [0.15, 0.2) is 34.8 Å². The van der Waals surface area contributed by atoms with Crippen molar-refractivity contribution in [3.63, 3.8) is 0 Å². The van der Waals surface area contributed by atoms with Crippen molar-refractivity contribution in [2.24, 2.45) is 4.99 Å². The third-order valence-electron chi connectivity index (χ3n) is 4.91. The number of rotatable bonds is 8. The topological polar surface area (TPSA) is 74.5 Å². The van der Waals surface area contributed by atoms with Gasteiger partial charge in [0.2, 0.25) is 5.91 Å². The summed E-state index contributed by atoms with van der Waals surface area (Å²) < 4.78 is 2.09. The number of thiophene rings is 1. The van der Waals surface area contributed by atoms with Gasteiger partial charge in [-0.25, -0.2) is 4.99 Å². The monoisotopic (exact) mass is 402 g/mol. The number of nitrogens with one attached hydrogen (secondary N) is 2. The molecule has 0 unspecified atom stereocenters. The molecule has 1 saturated carbocycles. The lowest BCUT2D eigenvalue weighted by atomic mass is 10.3. The van der Waals surface area contributed by atoms with Crippen molar-refractivity contribution >= 4 is 23.2 Å². The van der Waals surface area contributed by atoms with Crippen LogP contribution in [-0.2, 0) is 17.8 Å². The molecule has 2 aromatic heterocycles. The van der Waals surface area contributed by atoms with E-state index in [1.807, 2.05) is 6.07 Å². The summed E-state index contributed by atoms with van der Waals surface area (Å²) in [7, 11) is 3.50. The zero-order valence-corrected chi connectivity index (χ0v) is 17.5. The van der Waals surface area contributed by atoms with Gasteiger partial charge < -0.3 is 15.5 Å². The number of likely N-dealkylation sites (N-methyl/N-ethyl adjacent to an activating group) is 1.